The lowest BCUT2D eigenvalue weighted by Gasteiger charge is -2.28. The highest BCUT2D eigenvalue weighted by molar-refractivity contribution is 4.87. The van der Waals surface area contributed by atoms with Crippen LogP contribution in [-0.4, -0.2) is 24.0 Å². The largest absolute Gasteiger partial charge is 0.299 e. The molecule has 1 nitrogen and oxygen atoms in total. The van der Waals surface area contributed by atoms with Crippen molar-refractivity contribution >= 4 is 0 Å². The molecule has 0 N–H and O–H groups in total. The second kappa shape index (κ2) is 6.90. The summed E-state index contributed by atoms with van der Waals surface area (Å²) in [5.74, 6) is 3.57. The standard InChI is InChI=1S/C14H25N/c1-4-5-11-15(12-10-13(2)3)14-8-6-7-9-14/h1,13-14H,5-12H2,2-3H3. The summed E-state index contributed by atoms with van der Waals surface area (Å²) in [6.07, 6.45) is 13.2. The van der Waals surface area contributed by atoms with Crippen LogP contribution in [0.3, 0.4) is 0 Å². The summed E-state index contributed by atoms with van der Waals surface area (Å²) in [6, 6.07) is 0.831. The molecule has 0 heterocycles. The summed E-state index contributed by atoms with van der Waals surface area (Å²) in [4.78, 5) is 2.63. The summed E-state index contributed by atoms with van der Waals surface area (Å²) in [7, 11) is 0. The summed E-state index contributed by atoms with van der Waals surface area (Å²) in [6.45, 7) is 6.94. The van der Waals surface area contributed by atoms with Gasteiger partial charge in [-0.3, -0.25) is 4.90 Å². The van der Waals surface area contributed by atoms with E-state index in [9.17, 15) is 0 Å². The second-order valence-electron chi connectivity index (χ2n) is 5.11. The Labute approximate surface area is 95.2 Å². The minimum atomic E-state index is 0.805. The predicted octanol–water partition coefficient (Wildman–Crippen LogP) is 3.30. The van der Waals surface area contributed by atoms with Gasteiger partial charge in [-0.25, -0.2) is 0 Å². The van der Waals surface area contributed by atoms with Gasteiger partial charge in [0.05, 0.1) is 0 Å². The van der Waals surface area contributed by atoms with Gasteiger partial charge in [0.15, 0.2) is 0 Å². The van der Waals surface area contributed by atoms with E-state index in [0.29, 0.717) is 0 Å². The molecule has 0 amide bonds. The van der Waals surface area contributed by atoms with E-state index >= 15 is 0 Å². The quantitative estimate of drug-likeness (QED) is 0.604. The first-order chi connectivity index (χ1) is 7.24. The first kappa shape index (κ1) is 12.6. The molecule has 0 spiro atoms. The van der Waals surface area contributed by atoms with Crippen LogP contribution in [0, 0.1) is 18.3 Å². The Morgan fingerprint density at radius 2 is 1.93 bits per heavy atom. The number of hydrogen-bond donors (Lipinski definition) is 0. The minimum Gasteiger partial charge on any atom is -0.299 e. The Kier molecular flexibility index (Phi) is 5.79. The van der Waals surface area contributed by atoms with Crippen molar-refractivity contribution in [2.75, 3.05) is 13.1 Å². The van der Waals surface area contributed by atoms with Gasteiger partial charge in [-0.05, 0) is 31.7 Å². The van der Waals surface area contributed by atoms with Crippen molar-refractivity contribution in [2.24, 2.45) is 5.92 Å². The molecule has 0 aromatic rings. The highest BCUT2D eigenvalue weighted by atomic mass is 15.1. The summed E-state index contributed by atoms with van der Waals surface area (Å²) < 4.78 is 0. The van der Waals surface area contributed by atoms with Gasteiger partial charge in [-0.2, -0.15) is 0 Å². The fourth-order valence-corrected chi connectivity index (χ4v) is 2.38. The lowest BCUT2D eigenvalue weighted by Crippen LogP contribution is -2.35. The van der Waals surface area contributed by atoms with Gasteiger partial charge in [0.2, 0.25) is 0 Å². The lowest BCUT2D eigenvalue weighted by atomic mass is 10.1. The van der Waals surface area contributed by atoms with Crippen molar-refractivity contribution in [1.82, 2.24) is 4.90 Å². The molecule has 86 valence electrons. The predicted molar refractivity (Wildman–Crippen MR) is 66.7 cm³/mol. The van der Waals surface area contributed by atoms with Crippen LogP contribution in [0.15, 0.2) is 0 Å². The number of rotatable bonds is 6. The Morgan fingerprint density at radius 1 is 1.27 bits per heavy atom. The maximum absolute atomic E-state index is 5.35. The van der Waals surface area contributed by atoms with Crippen LogP contribution in [0.1, 0.15) is 52.4 Å². The van der Waals surface area contributed by atoms with E-state index in [1.165, 1.54) is 38.6 Å². The lowest BCUT2D eigenvalue weighted by molar-refractivity contribution is 0.192. The van der Waals surface area contributed by atoms with Crippen molar-refractivity contribution in [3.05, 3.63) is 0 Å². The molecule has 1 heteroatoms. The fraction of sp³-hybridized carbons (Fsp3) is 0.857. The molecular formula is C14H25N. The molecule has 0 atom stereocenters. The van der Waals surface area contributed by atoms with Crippen molar-refractivity contribution in [2.45, 2.75) is 58.4 Å². The van der Waals surface area contributed by atoms with Crippen molar-refractivity contribution < 1.29 is 0 Å². The molecule has 1 aliphatic rings. The number of nitrogens with zero attached hydrogens (tertiary/aromatic N) is 1. The van der Waals surface area contributed by atoms with Gasteiger partial charge in [-0.15, -0.1) is 12.3 Å². The zero-order valence-electron chi connectivity index (χ0n) is 10.3. The summed E-state index contributed by atoms with van der Waals surface area (Å²) in [5, 5.41) is 0. The van der Waals surface area contributed by atoms with Gasteiger partial charge in [0.1, 0.15) is 0 Å². The van der Waals surface area contributed by atoms with Crippen LogP contribution < -0.4 is 0 Å². The van der Waals surface area contributed by atoms with E-state index in [2.05, 4.69) is 24.7 Å². The van der Waals surface area contributed by atoms with Gasteiger partial charge in [0, 0.05) is 19.0 Å². The smallest absolute Gasteiger partial charge is 0.0214 e. The molecule has 15 heavy (non-hydrogen) atoms. The number of terminal acetylenes is 1. The van der Waals surface area contributed by atoms with E-state index in [1.807, 2.05) is 0 Å². The van der Waals surface area contributed by atoms with Crippen LogP contribution >= 0.6 is 0 Å². The molecule has 0 bridgehead atoms. The Morgan fingerprint density at radius 3 is 2.47 bits per heavy atom. The average Bonchev–Trinajstić information content (AvgIpc) is 2.71. The monoisotopic (exact) mass is 207 g/mol. The summed E-state index contributed by atoms with van der Waals surface area (Å²) in [5.41, 5.74) is 0. The van der Waals surface area contributed by atoms with Gasteiger partial charge in [-0.1, -0.05) is 26.7 Å². The van der Waals surface area contributed by atoms with E-state index < -0.39 is 0 Å². The summed E-state index contributed by atoms with van der Waals surface area (Å²) >= 11 is 0. The zero-order valence-corrected chi connectivity index (χ0v) is 10.3. The normalized spacial score (nSPS) is 17.5. The maximum Gasteiger partial charge on any atom is 0.0214 e. The Balaban J connectivity index is 2.34. The molecule has 1 aliphatic carbocycles. The highest BCUT2D eigenvalue weighted by Gasteiger charge is 2.21. The van der Waals surface area contributed by atoms with E-state index in [1.54, 1.807) is 0 Å². The third kappa shape index (κ3) is 4.71. The third-order valence-electron chi connectivity index (χ3n) is 3.38. The van der Waals surface area contributed by atoms with Crippen molar-refractivity contribution in [1.29, 1.82) is 0 Å². The fourth-order valence-electron chi connectivity index (χ4n) is 2.38. The molecule has 1 fully saturated rings. The van der Waals surface area contributed by atoms with E-state index in [0.717, 1.165) is 24.9 Å². The zero-order chi connectivity index (χ0) is 11.1. The average molecular weight is 207 g/mol. The minimum absolute atomic E-state index is 0.805. The van der Waals surface area contributed by atoms with Gasteiger partial charge in [0.25, 0.3) is 0 Å². The Bertz CT molecular complexity index is 196. The second-order valence-corrected chi connectivity index (χ2v) is 5.11. The van der Waals surface area contributed by atoms with E-state index in [4.69, 9.17) is 6.42 Å². The van der Waals surface area contributed by atoms with Gasteiger partial charge < -0.3 is 0 Å². The van der Waals surface area contributed by atoms with E-state index in [-0.39, 0.29) is 0 Å². The topological polar surface area (TPSA) is 3.24 Å². The third-order valence-corrected chi connectivity index (χ3v) is 3.38. The molecule has 1 saturated carbocycles. The highest BCUT2D eigenvalue weighted by Crippen LogP contribution is 2.24. The van der Waals surface area contributed by atoms with Gasteiger partial charge >= 0.3 is 0 Å². The first-order valence-corrected chi connectivity index (χ1v) is 6.41. The molecule has 0 aliphatic heterocycles. The number of hydrogen-bond acceptors (Lipinski definition) is 1. The van der Waals surface area contributed by atoms with Crippen LogP contribution in [0.5, 0.6) is 0 Å². The Hall–Kier alpha value is -0.480. The van der Waals surface area contributed by atoms with Crippen molar-refractivity contribution in [3.63, 3.8) is 0 Å². The first-order valence-electron chi connectivity index (χ1n) is 6.41. The molecule has 0 saturated heterocycles. The molecular weight excluding hydrogens is 182 g/mol. The van der Waals surface area contributed by atoms with Crippen LogP contribution in [0.4, 0.5) is 0 Å². The van der Waals surface area contributed by atoms with Crippen LogP contribution in [-0.2, 0) is 0 Å². The molecule has 1 rings (SSSR count). The SMILES string of the molecule is C#CCCN(CCC(C)C)C1CCCC1. The molecule has 0 radical (unpaired) electrons. The molecule has 0 aromatic carbocycles. The van der Waals surface area contributed by atoms with Crippen LogP contribution in [0.25, 0.3) is 0 Å². The molecule has 0 aromatic heterocycles. The maximum atomic E-state index is 5.35. The van der Waals surface area contributed by atoms with Crippen molar-refractivity contribution in [3.8, 4) is 12.3 Å². The molecule has 0 unspecified atom stereocenters. The van der Waals surface area contributed by atoms with Crippen LogP contribution in [0.2, 0.25) is 0 Å².